The molecule has 0 spiro atoms. The van der Waals surface area contributed by atoms with Gasteiger partial charge in [0.05, 0.1) is 28.4 Å². The van der Waals surface area contributed by atoms with Crippen LogP contribution in [-0.4, -0.2) is 9.55 Å². The first kappa shape index (κ1) is 12.3. The van der Waals surface area contributed by atoms with Crippen molar-refractivity contribution in [3.63, 3.8) is 0 Å². The molecule has 3 aromatic rings. The Labute approximate surface area is 116 Å². The molecule has 1 heterocycles. The summed E-state index contributed by atoms with van der Waals surface area (Å²) in [6.45, 7) is 0.109. The third-order valence-electron chi connectivity index (χ3n) is 2.99. The zero-order valence-corrected chi connectivity index (χ0v) is 11.4. The van der Waals surface area contributed by atoms with Gasteiger partial charge in [-0.25, -0.2) is 13.8 Å². The summed E-state index contributed by atoms with van der Waals surface area (Å²) in [6.07, 6.45) is 1.59. The summed E-state index contributed by atoms with van der Waals surface area (Å²) in [5.41, 5.74) is 1.68. The number of para-hydroxylation sites is 2. The van der Waals surface area contributed by atoms with Crippen molar-refractivity contribution in [1.82, 2.24) is 9.55 Å². The highest BCUT2D eigenvalue weighted by Gasteiger charge is 2.13. The maximum atomic E-state index is 13.9. The molecule has 0 unspecified atom stereocenters. The number of rotatable bonds is 2. The Kier molecular flexibility index (Phi) is 3.06. The lowest BCUT2D eigenvalue weighted by Gasteiger charge is -2.08. The molecule has 0 aliphatic rings. The fraction of sp³-hybridized carbons (Fsp3) is 0.0714. The van der Waals surface area contributed by atoms with Crippen LogP contribution >= 0.6 is 15.9 Å². The molecule has 0 atom stereocenters. The molecule has 0 N–H and O–H groups in total. The Balaban J connectivity index is 2.09. The van der Waals surface area contributed by atoms with Gasteiger partial charge in [0, 0.05) is 5.56 Å². The smallest absolute Gasteiger partial charge is 0.145 e. The van der Waals surface area contributed by atoms with E-state index in [1.807, 2.05) is 24.3 Å². The van der Waals surface area contributed by atoms with Crippen LogP contribution in [-0.2, 0) is 6.54 Å². The molecule has 5 heteroatoms. The zero-order valence-electron chi connectivity index (χ0n) is 9.78. The van der Waals surface area contributed by atoms with Crippen molar-refractivity contribution in [1.29, 1.82) is 0 Å². The van der Waals surface area contributed by atoms with Gasteiger partial charge < -0.3 is 4.57 Å². The Bertz CT molecular complexity index is 752. The first-order chi connectivity index (χ1) is 9.16. The molecule has 0 fully saturated rings. The van der Waals surface area contributed by atoms with Gasteiger partial charge in [-0.2, -0.15) is 0 Å². The number of aromatic nitrogens is 2. The average molecular weight is 323 g/mol. The van der Waals surface area contributed by atoms with Crippen molar-refractivity contribution in [2.24, 2.45) is 0 Å². The molecular weight excluding hydrogens is 314 g/mol. The van der Waals surface area contributed by atoms with E-state index in [2.05, 4.69) is 20.9 Å². The lowest BCUT2D eigenvalue weighted by molar-refractivity contribution is 0.542. The molecule has 1 aromatic heterocycles. The van der Waals surface area contributed by atoms with Gasteiger partial charge >= 0.3 is 0 Å². The van der Waals surface area contributed by atoms with Gasteiger partial charge in [-0.15, -0.1) is 0 Å². The van der Waals surface area contributed by atoms with E-state index >= 15 is 0 Å². The minimum atomic E-state index is -0.571. The minimum Gasteiger partial charge on any atom is -0.326 e. The van der Waals surface area contributed by atoms with E-state index in [1.54, 1.807) is 10.9 Å². The predicted octanol–water partition coefficient (Wildman–Crippen LogP) is 4.13. The number of hydrogen-bond acceptors (Lipinski definition) is 1. The first-order valence-electron chi connectivity index (χ1n) is 5.69. The summed E-state index contributed by atoms with van der Waals surface area (Å²) in [4.78, 5) is 4.20. The molecule has 3 rings (SSSR count). The highest BCUT2D eigenvalue weighted by molar-refractivity contribution is 9.10. The molecule has 2 nitrogen and oxygen atoms in total. The summed E-state index contributed by atoms with van der Waals surface area (Å²) >= 11 is 3.07. The van der Waals surface area contributed by atoms with Crippen molar-refractivity contribution in [2.45, 2.75) is 6.54 Å². The summed E-state index contributed by atoms with van der Waals surface area (Å²) in [5, 5.41) is 0. The number of benzene rings is 2. The normalized spacial score (nSPS) is 11.1. The second kappa shape index (κ2) is 4.74. The van der Waals surface area contributed by atoms with Crippen molar-refractivity contribution in [3.05, 3.63) is 64.4 Å². The van der Waals surface area contributed by atoms with Crippen LogP contribution in [0.3, 0.4) is 0 Å². The zero-order chi connectivity index (χ0) is 13.4. The summed E-state index contributed by atoms with van der Waals surface area (Å²) < 4.78 is 29.6. The number of fused-ring (bicyclic) bond motifs is 1. The van der Waals surface area contributed by atoms with Crippen LogP contribution in [0.2, 0.25) is 0 Å². The fourth-order valence-corrected chi connectivity index (χ4v) is 2.39. The summed E-state index contributed by atoms with van der Waals surface area (Å²) in [7, 11) is 0. The van der Waals surface area contributed by atoms with Crippen LogP contribution in [0.1, 0.15) is 5.56 Å². The standard InChI is InChI=1S/C14H9BrF2N2/c15-10-5-6-11(16)9(14(10)17)7-19-8-18-12-3-1-2-4-13(12)19/h1-6,8H,7H2. The van der Waals surface area contributed by atoms with Crippen molar-refractivity contribution >= 4 is 27.0 Å². The Morgan fingerprint density at radius 3 is 2.74 bits per heavy atom. The van der Waals surface area contributed by atoms with Gasteiger partial charge in [-0.3, -0.25) is 0 Å². The molecule has 0 bridgehead atoms. The van der Waals surface area contributed by atoms with Gasteiger partial charge in [0.15, 0.2) is 0 Å². The van der Waals surface area contributed by atoms with E-state index in [-0.39, 0.29) is 16.6 Å². The second-order valence-electron chi connectivity index (χ2n) is 4.18. The van der Waals surface area contributed by atoms with Crippen molar-refractivity contribution in [3.8, 4) is 0 Å². The predicted molar refractivity (Wildman–Crippen MR) is 72.9 cm³/mol. The number of hydrogen-bond donors (Lipinski definition) is 0. The molecule has 96 valence electrons. The topological polar surface area (TPSA) is 17.8 Å². The molecule has 19 heavy (non-hydrogen) atoms. The van der Waals surface area contributed by atoms with Gasteiger partial charge in [0.2, 0.25) is 0 Å². The lowest BCUT2D eigenvalue weighted by atomic mass is 10.2. The molecule has 0 saturated carbocycles. The largest absolute Gasteiger partial charge is 0.326 e. The van der Waals surface area contributed by atoms with Crippen LogP contribution in [0.4, 0.5) is 8.78 Å². The first-order valence-corrected chi connectivity index (χ1v) is 6.48. The van der Waals surface area contributed by atoms with Crippen LogP contribution in [0, 0.1) is 11.6 Å². The summed E-state index contributed by atoms with van der Waals surface area (Å²) in [6, 6.07) is 10.1. The van der Waals surface area contributed by atoms with E-state index in [0.29, 0.717) is 0 Å². The maximum absolute atomic E-state index is 13.9. The highest BCUT2D eigenvalue weighted by Crippen LogP contribution is 2.23. The van der Waals surface area contributed by atoms with Crippen LogP contribution in [0.5, 0.6) is 0 Å². The summed E-state index contributed by atoms with van der Waals surface area (Å²) in [5.74, 6) is -1.13. The van der Waals surface area contributed by atoms with Gasteiger partial charge in [0.25, 0.3) is 0 Å². The molecular formula is C14H9BrF2N2. The third kappa shape index (κ3) is 2.14. The number of imidazole rings is 1. The molecule has 0 radical (unpaired) electrons. The van der Waals surface area contributed by atoms with Crippen molar-refractivity contribution < 1.29 is 8.78 Å². The van der Waals surface area contributed by atoms with Crippen LogP contribution < -0.4 is 0 Å². The molecule has 0 aliphatic heterocycles. The van der Waals surface area contributed by atoms with Crippen molar-refractivity contribution in [2.75, 3.05) is 0 Å². The van der Waals surface area contributed by atoms with E-state index in [4.69, 9.17) is 0 Å². The number of halogens is 3. The minimum absolute atomic E-state index is 0.0255. The molecule has 0 saturated heterocycles. The van der Waals surface area contributed by atoms with Crippen LogP contribution in [0.15, 0.2) is 47.2 Å². The Morgan fingerprint density at radius 2 is 1.89 bits per heavy atom. The number of nitrogens with zero attached hydrogens (tertiary/aromatic N) is 2. The average Bonchev–Trinajstić information content (AvgIpc) is 2.83. The van der Waals surface area contributed by atoms with Crippen LogP contribution in [0.25, 0.3) is 11.0 Å². The van der Waals surface area contributed by atoms with E-state index in [9.17, 15) is 8.78 Å². The van der Waals surface area contributed by atoms with Gasteiger partial charge in [-0.05, 0) is 40.2 Å². The maximum Gasteiger partial charge on any atom is 0.145 e. The monoisotopic (exact) mass is 322 g/mol. The van der Waals surface area contributed by atoms with Gasteiger partial charge in [0.1, 0.15) is 11.6 Å². The Morgan fingerprint density at radius 1 is 1.11 bits per heavy atom. The molecule has 0 amide bonds. The molecule has 0 aliphatic carbocycles. The Hall–Kier alpha value is -1.75. The third-order valence-corrected chi connectivity index (χ3v) is 3.61. The van der Waals surface area contributed by atoms with Gasteiger partial charge in [-0.1, -0.05) is 12.1 Å². The second-order valence-corrected chi connectivity index (χ2v) is 5.04. The fourth-order valence-electron chi connectivity index (χ4n) is 2.02. The lowest BCUT2D eigenvalue weighted by Crippen LogP contribution is -2.04. The molecule has 2 aromatic carbocycles. The SMILES string of the molecule is Fc1ccc(Br)c(F)c1Cn1cnc2ccccc21. The van der Waals surface area contributed by atoms with E-state index < -0.39 is 11.6 Å². The van der Waals surface area contributed by atoms with E-state index in [0.717, 1.165) is 11.0 Å². The highest BCUT2D eigenvalue weighted by atomic mass is 79.9. The quantitative estimate of drug-likeness (QED) is 0.649. The van der Waals surface area contributed by atoms with E-state index in [1.165, 1.54) is 12.1 Å².